The van der Waals surface area contributed by atoms with E-state index < -0.39 is 0 Å². The van der Waals surface area contributed by atoms with E-state index in [1.807, 2.05) is 36.1 Å². The summed E-state index contributed by atoms with van der Waals surface area (Å²) >= 11 is 0. The van der Waals surface area contributed by atoms with E-state index in [0.717, 1.165) is 18.4 Å². The summed E-state index contributed by atoms with van der Waals surface area (Å²) in [6.45, 7) is 2.89. The average Bonchev–Trinajstić information content (AvgIpc) is 3.47. The topological polar surface area (TPSA) is 71.0 Å². The maximum atomic E-state index is 12.9. The van der Waals surface area contributed by atoms with E-state index in [1.54, 1.807) is 18.2 Å². The first-order valence-corrected chi connectivity index (χ1v) is 8.77. The first-order valence-electron chi connectivity index (χ1n) is 8.77. The Bertz CT molecular complexity index is 774. The van der Waals surface area contributed by atoms with E-state index in [9.17, 15) is 9.90 Å². The SMILES string of the molecule is CCOc1ccccc1NC(=O)N(Cc1ccc(O)c(OC)c1)C1CC1. The van der Waals surface area contributed by atoms with Crippen LogP contribution in [0.15, 0.2) is 42.5 Å². The Morgan fingerprint density at radius 2 is 2.00 bits per heavy atom. The van der Waals surface area contributed by atoms with Gasteiger partial charge in [-0.1, -0.05) is 18.2 Å². The summed E-state index contributed by atoms with van der Waals surface area (Å²) in [5, 5.41) is 12.7. The Kier molecular flexibility index (Phi) is 5.51. The van der Waals surface area contributed by atoms with Crippen molar-refractivity contribution in [3.63, 3.8) is 0 Å². The number of benzene rings is 2. The fourth-order valence-corrected chi connectivity index (χ4v) is 2.81. The van der Waals surface area contributed by atoms with E-state index >= 15 is 0 Å². The van der Waals surface area contributed by atoms with Gasteiger partial charge in [-0.2, -0.15) is 0 Å². The number of para-hydroxylation sites is 2. The summed E-state index contributed by atoms with van der Waals surface area (Å²) in [7, 11) is 1.51. The molecule has 1 aliphatic rings. The Morgan fingerprint density at radius 3 is 2.69 bits per heavy atom. The number of nitrogens with one attached hydrogen (secondary N) is 1. The normalized spacial score (nSPS) is 13.2. The number of rotatable bonds is 7. The standard InChI is InChI=1S/C20H24N2O4/c1-3-26-18-7-5-4-6-16(18)21-20(24)22(15-9-10-15)13-14-8-11-17(23)19(12-14)25-2/h4-8,11-12,15,23H,3,9-10,13H2,1-2H3,(H,21,24). The van der Waals surface area contributed by atoms with Crippen LogP contribution >= 0.6 is 0 Å². The molecule has 1 saturated carbocycles. The van der Waals surface area contributed by atoms with Crippen LogP contribution in [0.25, 0.3) is 0 Å². The van der Waals surface area contributed by atoms with Crippen molar-refractivity contribution in [1.29, 1.82) is 0 Å². The molecule has 6 heteroatoms. The van der Waals surface area contributed by atoms with Gasteiger partial charge in [-0.25, -0.2) is 4.79 Å². The predicted molar refractivity (Wildman–Crippen MR) is 99.9 cm³/mol. The van der Waals surface area contributed by atoms with E-state index in [0.29, 0.717) is 30.3 Å². The monoisotopic (exact) mass is 356 g/mol. The van der Waals surface area contributed by atoms with Crippen molar-refractivity contribution in [2.75, 3.05) is 19.0 Å². The number of carbonyl (C=O) groups excluding carboxylic acids is 1. The van der Waals surface area contributed by atoms with Crippen molar-refractivity contribution in [2.45, 2.75) is 32.4 Å². The molecule has 0 saturated heterocycles. The third-order valence-electron chi connectivity index (χ3n) is 4.27. The molecule has 0 aliphatic heterocycles. The highest BCUT2D eigenvalue weighted by Gasteiger charge is 2.33. The van der Waals surface area contributed by atoms with Gasteiger partial charge >= 0.3 is 6.03 Å². The van der Waals surface area contributed by atoms with Gasteiger partial charge in [-0.3, -0.25) is 0 Å². The van der Waals surface area contributed by atoms with Crippen molar-refractivity contribution in [1.82, 2.24) is 4.90 Å². The molecule has 0 bridgehead atoms. The quantitative estimate of drug-likeness (QED) is 0.787. The Labute approximate surface area is 153 Å². The number of nitrogens with zero attached hydrogens (tertiary/aromatic N) is 1. The van der Waals surface area contributed by atoms with Gasteiger partial charge in [0.15, 0.2) is 11.5 Å². The second-order valence-corrected chi connectivity index (χ2v) is 6.22. The fraction of sp³-hybridized carbons (Fsp3) is 0.350. The van der Waals surface area contributed by atoms with Gasteiger partial charge in [0.05, 0.1) is 19.4 Å². The summed E-state index contributed by atoms with van der Waals surface area (Å²) < 4.78 is 10.7. The molecular formula is C20H24N2O4. The Balaban J connectivity index is 1.75. The summed E-state index contributed by atoms with van der Waals surface area (Å²) in [4.78, 5) is 14.7. The number of anilines is 1. The summed E-state index contributed by atoms with van der Waals surface area (Å²) in [5.41, 5.74) is 1.56. The number of hydrogen-bond acceptors (Lipinski definition) is 4. The van der Waals surface area contributed by atoms with E-state index in [2.05, 4.69) is 5.32 Å². The van der Waals surface area contributed by atoms with Crippen molar-refractivity contribution >= 4 is 11.7 Å². The lowest BCUT2D eigenvalue weighted by molar-refractivity contribution is 0.206. The van der Waals surface area contributed by atoms with Crippen molar-refractivity contribution in [3.8, 4) is 17.2 Å². The van der Waals surface area contributed by atoms with Crippen molar-refractivity contribution < 1.29 is 19.4 Å². The molecule has 0 aromatic heterocycles. The van der Waals surface area contributed by atoms with Gasteiger partial charge in [-0.15, -0.1) is 0 Å². The summed E-state index contributed by atoms with van der Waals surface area (Å²) in [6.07, 6.45) is 1.99. The van der Waals surface area contributed by atoms with Crippen LogP contribution in [0.2, 0.25) is 0 Å². The number of phenols is 1. The molecule has 1 aliphatic carbocycles. The molecular weight excluding hydrogens is 332 g/mol. The lowest BCUT2D eigenvalue weighted by Gasteiger charge is -2.24. The Morgan fingerprint density at radius 1 is 1.23 bits per heavy atom. The molecule has 0 radical (unpaired) electrons. The summed E-state index contributed by atoms with van der Waals surface area (Å²) in [6, 6.07) is 12.6. The Hall–Kier alpha value is -2.89. The maximum Gasteiger partial charge on any atom is 0.322 e. The van der Waals surface area contributed by atoms with Crippen LogP contribution in [-0.4, -0.2) is 35.8 Å². The molecule has 2 amide bonds. The minimum absolute atomic E-state index is 0.0873. The first-order chi connectivity index (χ1) is 12.6. The second kappa shape index (κ2) is 7.99. The van der Waals surface area contributed by atoms with Crippen LogP contribution in [0.4, 0.5) is 10.5 Å². The van der Waals surface area contributed by atoms with Crippen LogP contribution in [0.1, 0.15) is 25.3 Å². The van der Waals surface area contributed by atoms with Gasteiger partial charge < -0.3 is 24.8 Å². The number of aromatic hydroxyl groups is 1. The highest BCUT2D eigenvalue weighted by molar-refractivity contribution is 5.91. The third-order valence-corrected chi connectivity index (χ3v) is 4.27. The number of ether oxygens (including phenoxy) is 2. The molecule has 138 valence electrons. The van der Waals surface area contributed by atoms with Gasteiger partial charge in [0.25, 0.3) is 0 Å². The molecule has 0 heterocycles. The molecule has 2 aromatic carbocycles. The van der Waals surface area contributed by atoms with Crippen LogP contribution < -0.4 is 14.8 Å². The molecule has 3 rings (SSSR count). The highest BCUT2D eigenvalue weighted by atomic mass is 16.5. The van der Waals surface area contributed by atoms with Crippen molar-refractivity contribution in [2.24, 2.45) is 0 Å². The molecule has 0 atom stereocenters. The molecule has 0 unspecified atom stereocenters. The highest BCUT2D eigenvalue weighted by Crippen LogP contribution is 2.32. The van der Waals surface area contributed by atoms with Gasteiger partial charge in [-0.05, 0) is 49.6 Å². The first kappa shape index (κ1) is 17.9. The zero-order valence-corrected chi connectivity index (χ0v) is 15.1. The zero-order valence-electron chi connectivity index (χ0n) is 15.1. The number of amides is 2. The molecule has 2 aromatic rings. The molecule has 6 nitrogen and oxygen atoms in total. The molecule has 26 heavy (non-hydrogen) atoms. The lowest BCUT2D eigenvalue weighted by Crippen LogP contribution is -2.36. The lowest BCUT2D eigenvalue weighted by atomic mass is 10.2. The predicted octanol–water partition coefficient (Wildman–Crippen LogP) is 4.00. The summed E-state index contributed by atoms with van der Waals surface area (Å²) in [5.74, 6) is 1.15. The number of carbonyl (C=O) groups is 1. The van der Waals surface area contributed by atoms with Crippen LogP contribution in [-0.2, 0) is 6.54 Å². The number of methoxy groups -OCH3 is 1. The zero-order chi connectivity index (χ0) is 18.5. The molecule has 2 N–H and O–H groups in total. The van der Waals surface area contributed by atoms with E-state index in [-0.39, 0.29) is 17.8 Å². The number of hydrogen-bond donors (Lipinski definition) is 2. The van der Waals surface area contributed by atoms with E-state index in [4.69, 9.17) is 9.47 Å². The smallest absolute Gasteiger partial charge is 0.322 e. The van der Waals surface area contributed by atoms with E-state index in [1.165, 1.54) is 7.11 Å². The largest absolute Gasteiger partial charge is 0.504 e. The van der Waals surface area contributed by atoms with Crippen LogP contribution in [0.5, 0.6) is 17.2 Å². The van der Waals surface area contributed by atoms with Crippen LogP contribution in [0.3, 0.4) is 0 Å². The van der Waals surface area contributed by atoms with Crippen molar-refractivity contribution in [3.05, 3.63) is 48.0 Å². The maximum absolute atomic E-state index is 12.9. The van der Waals surface area contributed by atoms with Gasteiger partial charge in [0, 0.05) is 12.6 Å². The molecule has 0 spiro atoms. The van der Waals surface area contributed by atoms with Gasteiger partial charge in [0.1, 0.15) is 5.75 Å². The minimum Gasteiger partial charge on any atom is -0.504 e. The number of phenolic OH excluding ortho intramolecular Hbond substituents is 1. The van der Waals surface area contributed by atoms with Crippen LogP contribution in [0, 0.1) is 0 Å². The fourth-order valence-electron chi connectivity index (χ4n) is 2.81. The molecule has 1 fully saturated rings. The number of urea groups is 1. The minimum atomic E-state index is -0.160. The average molecular weight is 356 g/mol. The van der Waals surface area contributed by atoms with Gasteiger partial charge in [0.2, 0.25) is 0 Å². The third kappa shape index (κ3) is 4.20. The second-order valence-electron chi connectivity index (χ2n) is 6.22.